The van der Waals surface area contributed by atoms with Gasteiger partial charge in [0.2, 0.25) is 0 Å². The third-order valence-corrected chi connectivity index (χ3v) is 5.97. The van der Waals surface area contributed by atoms with Crippen LogP contribution in [0.1, 0.15) is 15.2 Å². The SMILES string of the molecule is O=C(NCc1cccc(-c2ccncc2)c1)c1sc2c(F)ccc(F)c2c1Cl. The van der Waals surface area contributed by atoms with Crippen LogP contribution >= 0.6 is 22.9 Å². The zero-order chi connectivity index (χ0) is 19.7. The summed E-state index contributed by atoms with van der Waals surface area (Å²) in [4.78, 5) is 16.6. The molecular weight excluding hydrogens is 402 g/mol. The average Bonchev–Trinajstić information content (AvgIpc) is 3.08. The van der Waals surface area contributed by atoms with Gasteiger partial charge in [-0.2, -0.15) is 0 Å². The van der Waals surface area contributed by atoms with Crippen LogP contribution in [0.2, 0.25) is 5.02 Å². The van der Waals surface area contributed by atoms with Crippen molar-refractivity contribution < 1.29 is 13.6 Å². The molecule has 1 amide bonds. The number of carbonyl (C=O) groups excluding carboxylic acids is 1. The highest BCUT2D eigenvalue weighted by atomic mass is 35.5. The summed E-state index contributed by atoms with van der Waals surface area (Å²) in [6, 6.07) is 13.5. The Kier molecular flexibility index (Phi) is 5.07. The minimum atomic E-state index is -0.651. The van der Waals surface area contributed by atoms with Crippen molar-refractivity contribution in [2.45, 2.75) is 6.54 Å². The first-order chi connectivity index (χ1) is 13.5. The van der Waals surface area contributed by atoms with Crippen LogP contribution in [0.4, 0.5) is 8.78 Å². The Morgan fingerprint density at radius 1 is 1.04 bits per heavy atom. The fourth-order valence-electron chi connectivity index (χ4n) is 2.91. The molecule has 28 heavy (non-hydrogen) atoms. The van der Waals surface area contributed by atoms with E-state index in [0.717, 1.165) is 40.2 Å². The largest absolute Gasteiger partial charge is 0.347 e. The summed E-state index contributed by atoms with van der Waals surface area (Å²) in [6.45, 7) is 0.257. The summed E-state index contributed by atoms with van der Waals surface area (Å²) in [7, 11) is 0. The predicted octanol–water partition coefficient (Wildman–Crippen LogP) is 5.82. The normalized spacial score (nSPS) is 11.0. The van der Waals surface area contributed by atoms with Crippen LogP contribution in [0.5, 0.6) is 0 Å². The Hall–Kier alpha value is -2.83. The number of fused-ring (bicyclic) bond motifs is 1. The maximum Gasteiger partial charge on any atom is 0.263 e. The smallest absolute Gasteiger partial charge is 0.263 e. The molecule has 7 heteroatoms. The molecule has 0 radical (unpaired) electrons. The number of carbonyl (C=O) groups is 1. The number of hydrogen-bond acceptors (Lipinski definition) is 3. The topological polar surface area (TPSA) is 42.0 Å². The van der Waals surface area contributed by atoms with Crippen LogP contribution in [0, 0.1) is 11.6 Å². The van der Waals surface area contributed by atoms with Crippen molar-refractivity contribution in [1.82, 2.24) is 10.3 Å². The van der Waals surface area contributed by atoms with Crippen LogP contribution in [-0.4, -0.2) is 10.9 Å². The van der Waals surface area contributed by atoms with E-state index in [1.807, 2.05) is 36.4 Å². The van der Waals surface area contributed by atoms with Crippen molar-refractivity contribution in [3.05, 3.63) is 88.0 Å². The zero-order valence-corrected chi connectivity index (χ0v) is 16.0. The molecule has 0 unspecified atom stereocenters. The summed E-state index contributed by atoms with van der Waals surface area (Å²) in [5.41, 5.74) is 2.90. The van der Waals surface area contributed by atoms with Crippen LogP contribution in [0.3, 0.4) is 0 Å². The van der Waals surface area contributed by atoms with E-state index in [0.29, 0.717) is 0 Å². The number of hydrogen-bond donors (Lipinski definition) is 1. The first kappa shape index (κ1) is 18.5. The second kappa shape index (κ2) is 7.66. The van der Waals surface area contributed by atoms with E-state index in [2.05, 4.69) is 10.3 Å². The number of nitrogens with one attached hydrogen (secondary N) is 1. The Balaban J connectivity index is 1.56. The molecule has 0 atom stereocenters. The first-order valence-corrected chi connectivity index (χ1v) is 9.57. The van der Waals surface area contributed by atoms with Gasteiger partial charge in [-0.25, -0.2) is 8.78 Å². The number of rotatable bonds is 4. The van der Waals surface area contributed by atoms with Crippen molar-refractivity contribution in [3.63, 3.8) is 0 Å². The summed E-state index contributed by atoms with van der Waals surface area (Å²) >= 11 is 7.00. The highest BCUT2D eigenvalue weighted by Crippen LogP contribution is 2.38. The summed E-state index contributed by atoms with van der Waals surface area (Å²) < 4.78 is 27.9. The Morgan fingerprint density at radius 3 is 2.54 bits per heavy atom. The molecule has 2 heterocycles. The molecular formula is C21H13ClF2N2OS. The molecule has 1 N–H and O–H groups in total. The van der Waals surface area contributed by atoms with Gasteiger partial charge < -0.3 is 5.32 Å². The van der Waals surface area contributed by atoms with Gasteiger partial charge in [0.05, 0.1) is 15.1 Å². The molecule has 2 aromatic heterocycles. The molecule has 4 rings (SSSR count). The van der Waals surface area contributed by atoms with Crippen LogP contribution < -0.4 is 5.32 Å². The lowest BCUT2D eigenvalue weighted by molar-refractivity contribution is 0.0955. The minimum Gasteiger partial charge on any atom is -0.347 e. The summed E-state index contributed by atoms with van der Waals surface area (Å²) in [5, 5.41) is 2.64. The number of pyridine rings is 1. The van der Waals surface area contributed by atoms with E-state index in [1.165, 1.54) is 0 Å². The number of halogens is 3. The van der Waals surface area contributed by atoms with E-state index in [9.17, 15) is 13.6 Å². The highest BCUT2D eigenvalue weighted by Gasteiger charge is 2.21. The highest BCUT2D eigenvalue weighted by molar-refractivity contribution is 7.21. The number of nitrogens with zero attached hydrogens (tertiary/aromatic N) is 1. The first-order valence-electron chi connectivity index (χ1n) is 8.38. The molecule has 4 aromatic rings. The van der Waals surface area contributed by atoms with Gasteiger partial charge in [-0.3, -0.25) is 9.78 Å². The standard InChI is InChI=1S/C21H13ClF2N2OS/c22-18-17-15(23)4-5-16(24)19(17)28-20(18)21(27)26-11-12-2-1-3-14(10-12)13-6-8-25-9-7-13/h1-10H,11H2,(H,26,27). The predicted molar refractivity (Wildman–Crippen MR) is 108 cm³/mol. The van der Waals surface area contributed by atoms with Gasteiger partial charge in [-0.05, 0) is 47.0 Å². The number of benzene rings is 2. The van der Waals surface area contributed by atoms with Gasteiger partial charge in [0, 0.05) is 18.9 Å². The number of amides is 1. The molecule has 0 spiro atoms. The quantitative estimate of drug-likeness (QED) is 0.457. The fraction of sp³-hybridized carbons (Fsp3) is 0.0476. The lowest BCUT2D eigenvalue weighted by Crippen LogP contribution is -2.22. The van der Waals surface area contributed by atoms with Crippen LogP contribution in [0.25, 0.3) is 21.2 Å². The third kappa shape index (κ3) is 3.48. The molecule has 3 nitrogen and oxygen atoms in total. The maximum atomic E-state index is 14.0. The molecule has 0 saturated carbocycles. The number of aromatic nitrogens is 1. The zero-order valence-electron chi connectivity index (χ0n) is 14.4. The molecule has 0 bridgehead atoms. The van der Waals surface area contributed by atoms with Crippen molar-refractivity contribution >= 4 is 38.9 Å². The van der Waals surface area contributed by atoms with E-state index >= 15 is 0 Å². The fourth-order valence-corrected chi connectivity index (χ4v) is 4.38. The van der Waals surface area contributed by atoms with Gasteiger partial charge in [0.25, 0.3) is 5.91 Å². The molecule has 2 aromatic carbocycles. The number of thiophene rings is 1. The molecule has 140 valence electrons. The van der Waals surface area contributed by atoms with Gasteiger partial charge >= 0.3 is 0 Å². The van der Waals surface area contributed by atoms with Crippen molar-refractivity contribution in [3.8, 4) is 11.1 Å². The van der Waals surface area contributed by atoms with E-state index in [-0.39, 0.29) is 26.5 Å². The minimum absolute atomic E-state index is 0.0369. The van der Waals surface area contributed by atoms with E-state index in [4.69, 9.17) is 11.6 Å². The molecule has 0 fully saturated rings. The third-order valence-electron chi connectivity index (χ3n) is 4.28. The second-order valence-electron chi connectivity index (χ2n) is 6.10. The van der Waals surface area contributed by atoms with Crippen LogP contribution in [0.15, 0.2) is 60.9 Å². The van der Waals surface area contributed by atoms with Gasteiger partial charge in [-0.15, -0.1) is 11.3 Å². The summed E-state index contributed by atoms with van der Waals surface area (Å²) in [5.74, 6) is -1.73. The van der Waals surface area contributed by atoms with Crippen molar-refractivity contribution in [2.75, 3.05) is 0 Å². The van der Waals surface area contributed by atoms with Gasteiger partial charge in [-0.1, -0.05) is 29.8 Å². The molecule has 0 aliphatic carbocycles. The lowest BCUT2D eigenvalue weighted by atomic mass is 10.0. The Morgan fingerprint density at radius 2 is 1.79 bits per heavy atom. The Labute approximate surface area is 168 Å². The van der Waals surface area contributed by atoms with Crippen LogP contribution in [-0.2, 0) is 6.54 Å². The van der Waals surface area contributed by atoms with Gasteiger partial charge in [0.1, 0.15) is 16.5 Å². The van der Waals surface area contributed by atoms with Crippen molar-refractivity contribution in [1.29, 1.82) is 0 Å². The molecule has 0 aliphatic rings. The molecule has 0 aliphatic heterocycles. The summed E-state index contributed by atoms with van der Waals surface area (Å²) in [6.07, 6.45) is 3.43. The molecule has 0 saturated heterocycles. The average molecular weight is 415 g/mol. The lowest BCUT2D eigenvalue weighted by Gasteiger charge is -2.07. The van der Waals surface area contributed by atoms with Crippen molar-refractivity contribution in [2.24, 2.45) is 0 Å². The second-order valence-corrected chi connectivity index (χ2v) is 7.50. The van der Waals surface area contributed by atoms with Gasteiger partial charge in [0.15, 0.2) is 0 Å². The van der Waals surface area contributed by atoms with E-state index < -0.39 is 17.5 Å². The monoisotopic (exact) mass is 414 g/mol. The Bertz CT molecular complexity index is 1180. The maximum absolute atomic E-state index is 14.0. The van der Waals surface area contributed by atoms with E-state index in [1.54, 1.807) is 12.4 Å².